The number of rotatable bonds is 5. The molecule has 0 bridgehead atoms. The molecule has 0 amide bonds. The lowest BCUT2D eigenvalue weighted by Gasteiger charge is -2.69. The van der Waals surface area contributed by atoms with E-state index in [0.717, 1.165) is 44.1 Å². The molecule has 0 aromatic heterocycles. The van der Waals surface area contributed by atoms with Crippen molar-refractivity contribution in [2.45, 2.75) is 151 Å². The molecule has 9 atom stereocenters. The van der Waals surface area contributed by atoms with Gasteiger partial charge in [-0.05, 0) is 145 Å². The number of aliphatic carboxylic acids is 2. The summed E-state index contributed by atoms with van der Waals surface area (Å²) >= 11 is 0. The van der Waals surface area contributed by atoms with Gasteiger partial charge >= 0.3 is 17.9 Å². The molecule has 2 N–H and O–H groups in total. The summed E-state index contributed by atoms with van der Waals surface area (Å²) in [5.74, 6) is 8.29. The van der Waals surface area contributed by atoms with Crippen molar-refractivity contribution >= 4 is 17.9 Å². The number of carbonyl (C=O) groups is 3. The van der Waals surface area contributed by atoms with Crippen molar-refractivity contribution in [3.8, 4) is 11.8 Å². The Bertz CT molecular complexity index is 1390. The Kier molecular flexibility index (Phi) is 10.2. The van der Waals surface area contributed by atoms with Crippen molar-refractivity contribution in [1.82, 2.24) is 0 Å². The number of fused-ring (bicyclic) bond motifs is 7. The predicted octanol–water partition coefficient (Wildman–Crippen LogP) is 9.63. The lowest BCUT2D eigenvalue weighted by Crippen LogP contribution is -2.63. The molecule has 0 saturated heterocycles. The summed E-state index contributed by atoms with van der Waals surface area (Å²) in [4.78, 5) is 36.4. The van der Waals surface area contributed by atoms with Crippen LogP contribution in [-0.4, -0.2) is 34.2 Å². The normalized spacial score (nSPS) is 39.6. The van der Waals surface area contributed by atoms with Crippen LogP contribution in [0.4, 0.5) is 0 Å². The first-order valence-corrected chi connectivity index (χ1v) is 19.0. The van der Waals surface area contributed by atoms with Gasteiger partial charge in [0.05, 0.1) is 11.8 Å². The van der Waals surface area contributed by atoms with Gasteiger partial charge in [-0.25, -0.2) is 4.79 Å². The van der Waals surface area contributed by atoms with Crippen molar-refractivity contribution in [1.29, 1.82) is 0 Å². The fraction of sp³-hybridized carbons (Fsp3) is 0.786. The van der Waals surface area contributed by atoms with Crippen LogP contribution in [0.1, 0.15) is 145 Å². The highest BCUT2D eigenvalue weighted by atomic mass is 16.5. The summed E-state index contributed by atoms with van der Waals surface area (Å²) < 4.78 is 6.12. The Hall–Kier alpha value is -2.55. The minimum Gasteiger partial charge on any atom is -0.481 e. The first kappa shape index (κ1) is 36.7. The first-order valence-electron chi connectivity index (χ1n) is 19.0. The highest BCUT2D eigenvalue weighted by Crippen LogP contribution is 2.73. The number of ether oxygens (including phenoxy) is 1. The fourth-order valence-corrected chi connectivity index (χ4v) is 12.6. The molecule has 6 heteroatoms. The van der Waals surface area contributed by atoms with Crippen molar-refractivity contribution in [3.63, 3.8) is 0 Å². The molecular weight excluding hydrogens is 600 g/mol. The number of carboxylic acid groups (broad SMARTS) is 2. The van der Waals surface area contributed by atoms with Gasteiger partial charge in [0, 0.05) is 22.0 Å². The number of hydrogen-bond acceptors (Lipinski definition) is 4. The zero-order valence-electron chi connectivity index (χ0n) is 30.9. The summed E-state index contributed by atoms with van der Waals surface area (Å²) in [7, 11) is 0. The van der Waals surface area contributed by atoms with E-state index in [0.29, 0.717) is 47.0 Å². The smallest absolute Gasteiger partial charge is 0.332 e. The quantitative estimate of drug-likeness (QED) is 0.173. The molecule has 9 unspecified atom stereocenters. The minimum absolute atomic E-state index is 0.0593. The van der Waals surface area contributed by atoms with Crippen LogP contribution in [0.25, 0.3) is 0 Å². The summed E-state index contributed by atoms with van der Waals surface area (Å²) in [6.07, 6.45) is 16.7. The monoisotopic (exact) mass is 662 g/mol. The van der Waals surface area contributed by atoms with Crippen LogP contribution >= 0.6 is 0 Å². The van der Waals surface area contributed by atoms with Crippen LogP contribution in [0.3, 0.4) is 0 Å². The third kappa shape index (κ3) is 6.19. The molecule has 6 aliphatic carbocycles. The van der Waals surface area contributed by atoms with Crippen molar-refractivity contribution in [2.24, 2.45) is 56.7 Å². The summed E-state index contributed by atoms with van der Waals surface area (Å²) in [6.45, 7) is 18.2. The Morgan fingerprint density at radius 2 is 1.56 bits per heavy atom. The van der Waals surface area contributed by atoms with Crippen LogP contribution in [-0.2, 0) is 19.1 Å². The maximum atomic E-state index is 13.0. The van der Waals surface area contributed by atoms with Gasteiger partial charge in [0.2, 0.25) is 0 Å². The van der Waals surface area contributed by atoms with Gasteiger partial charge in [-0.15, -0.1) is 6.58 Å². The second-order valence-corrected chi connectivity index (χ2v) is 18.2. The number of hydrogen-bond donors (Lipinski definition) is 2. The van der Waals surface area contributed by atoms with Gasteiger partial charge in [0.1, 0.15) is 6.10 Å². The van der Waals surface area contributed by atoms with Crippen molar-refractivity contribution < 1.29 is 29.3 Å². The number of esters is 1. The third-order valence-electron chi connectivity index (χ3n) is 14.8. The van der Waals surface area contributed by atoms with Crippen LogP contribution in [0.2, 0.25) is 0 Å². The molecule has 0 aromatic carbocycles. The van der Waals surface area contributed by atoms with Gasteiger partial charge in [-0.1, -0.05) is 52.0 Å². The van der Waals surface area contributed by atoms with Crippen LogP contribution in [0.15, 0.2) is 23.8 Å². The zero-order chi connectivity index (χ0) is 35.3. The number of carbonyl (C=O) groups excluding carboxylic acids is 1. The van der Waals surface area contributed by atoms with Crippen LogP contribution in [0.5, 0.6) is 0 Å². The standard InChI is InChI=1S/C39H56O6.C3H6/c1-35(2,34(43)44)23-32(40)45-31-17-20-38(6)29(36(31,3)4)16-19-37(5)27-15-22-39(21-14-24-9-7-10-25(24)33(41)42)18-8-11-28(39)26(27)12-13-30(37)38;1-3-2/h26-31H,7-13,15-20,22-23H2,1-6H3,(H,41,42)(H,43,44);3H,1H2,2H3. The van der Waals surface area contributed by atoms with E-state index in [9.17, 15) is 24.6 Å². The molecule has 0 radical (unpaired) electrons. The SMILES string of the molecule is C=CC.CC(C)(CC(=O)OC1CCC2(C)C(CCC3(C)C4CCC5(C#CC6=C(C(=O)O)CCC6)CCCC5C4CCC32)C1(C)C)C(=O)O. The molecule has 5 fully saturated rings. The summed E-state index contributed by atoms with van der Waals surface area (Å²) in [6, 6.07) is 0. The molecule has 6 aliphatic rings. The molecule has 6 nitrogen and oxygen atoms in total. The predicted molar refractivity (Wildman–Crippen MR) is 189 cm³/mol. The fourth-order valence-electron chi connectivity index (χ4n) is 12.6. The third-order valence-corrected chi connectivity index (χ3v) is 14.8. The van der Waals surface area contributed by atoms with Gasteiger partial charge in [-0.3, -0.25) is 9.59 Å². The van der Waals surface area contributed by atoms with Crippen LogP contribution < -0.4 is 0 Å². The van der Waals surface area contributed by atoms with Crippen molar-refractivity contribution in [2.75, 3.05) is 0 Å². The van der Waals surface area contributed by atoms with Gasteiger partial charge < -0.3 is 14.9 Å². The molecule has 0 heterocycles. The Morgan fingerprint density at radius 3 is 2.23 bits per heavy atom. The molecule has 266 valence electrons. The van der Waals surface area contributed by atoms with Gasteiger partial charge in [0.25, 0.3) is 0 Å². The second-order valence-electron chi connectivity index (χ2n) is 18.2. The van der Waals surface area contributed by atoms with E-state index in [-0.39, 0.29) is 34.7 Å². The van der Waals surface area contributed by atoms with E-state index in [2.05, 4.69) is 46.1 Å². The zero-order valence-corrected chi connectivity index (χ0v) is 30.9. The molecule has 48 heavy (non-hydrogen) atoms. The molecule has 0 aromatic rings. The summed E-state index contributed by atoms with van der Waals surface area (Å²) in [5.41, 5.74) is 0.693. The van der Waals surface area contributed by atoms with E-state index in [1.54, 1.807) is 19.9 Å². The Morgan fingerprint density at radius 1 is 0.875 bits per heavy atom. The van der Waals surface area contributed by atoms with E-state index in [1.165, 1.54) is 44.9 Å². The maximum absolute atomic E-state index is 13.0. The highest BCUT2D eigenvalue weighted by Gasteiger charge is 2.66. The van der Waals surface area contributed by atoms with E-state index in [4.69, 9.17) is 4.74 Å². The minimum atomic E-state index is -1.13. The highest BCUT2D eigenvalue weighted by molar-refractivity contribution is 5.89. The lowest BCUT2D eigenvalue weighted by atomic mass is 9.36. The molecule has 0 aliphatic heterocycles. The number of allylic oxidation sites excluding steroid dienone is 2. The number of carboxylic acids is 2. The van der Waals surface area contributed by atoms with E-state index in [1.807, 2.05) is 6.92 Å². The van der Waals surface area contributed by atoms with E-state index >= 15 is 0 Å². The molecular formula is C42H62O6. The van der Waals surface area contributed by atoms with E-state index < -0.39 is 17.4 Å². The maximum Gasteiger partial charge on any atom is 0.332 e. The molecule has 0 spiro atoms. The Balaban J connectivity index is 0.00000145. The molecule has 5 saturated carbocycles. The van der Waals surface area contributed by atoms with Gasteiger partial charge in [-0.2, -0.15) is 0 Å². The van der Waals surface area contributed by atoms with Crippen LogP contribution in [0, 0.1) is 68.5 Å². The lowest BCUT2D eigenvalue weighted by molar-refractivity contribution is -0.220. The second kappa shape index (κ2) is 13.3. The summed E-state index contributed by atoms with van der Waals surface area (Å²) in [5, 5.41) is 19.2. The Labute approximate surface area is 289 Å². The average molecular weight is 663 g/mol. The topological polar surface area (TPSA) is 101 Å². The average Bonchev–Trinajstić information content (AvgIpc) is 3.65. The van der Waals surface area contributed by atoms with Gasteiger partial charge in [0.15, 0.2) is 0 Å². The first-order chi connectivity index (χ1) is 22.5. The molecule has 6 rings (SSSR count). The van der Waals surface area contributed by atoms with Crippen molar-refractivity contribution in [3.05, 3.63) is 23.8 Å². The largest absolute Gasteiger partial charge is 0.481 e.